The number of benzene rings is 1. The maximum atomic E-state index is 12.0. The zero-order valence-corrected chi connectivity index (χ0v) is 14.1. The lowest BCUT2D eigenvalue weighted by atomic mass is 10.2. The molecule has 0 bridgehead atoms. The Hall–Kier alpha value is -1.20. The Labute approximate surface area is 137 Å². The van der Waals surface area contributed by atoms with E-state index in [0.717, 1.165) is 48.8 Å². The van der Waals surface area contributed by atoms with E-state index in [2.05, 4.69) is 17.6 Å². The molecule has 0 radical (unpaired) electrons. The van der Waals surface area contributed by atoms with Crippen molar-refractivity contribution in [3.8, 4) is 5.75 Å². The van der Waals surface area contributed by atoms with Crippen molar-refractivity contribution in [2.45, 2.75) is 38.8 Å². The number of carbonyl (C=O) groups excluding carboxylic acids is 1. The number of nitrogens with one attached hydrogen (secondary N) is 2. The summed E-state index contributed by atoms with van der Waals surface area (Å²) in [6, 6.07) is 8.26. The standard InChI is InChI=1S/C17H26N2O2S/c1-2-3-8-21-16-6-4-5-14(10-16)12-19-17(20)11-15-13-22-9-7-18-15/h4-6,10,15,18H,2-3,7-9,11-13H2,1H3,(H,19,20). The Morgan fingerprint density at radius 1 is 1.50 bits per heavy atom. The average molecular weight is 322 g/mol. The van der Waals surface area contributed by atoms with E-state index in [4.69, 9.17) is 4.74 Å². The van der Waals surface area contributed by atoms with E-state index in [1.165, 1.54) is 0 Å². The Morgan fingerprint density at radius 3 is 3.18 bits per heavy atom. The minimum absolute atomic E-state index is 0.109. The van der Waals surface area contributed by atoms with Gasteiger partial charge in [0, 0.05) is 37.1 Å². The molecule has 22 heavy (non-hydrogen) atoms. The van der Waals surface area contributed by atoms with Crippen molar-refractivity contribution in [3.63, 3.8) is 0 Å². The molecule has 1 unspecified atom stereocenters. The van der Waals surface area contributed by atoms with E-state index in [1.807, 2.05) is 36.0 Å². The molecule has 1 aromatic carbocycles. The van der Waals surface area contributed by atoms with Crippen molar-refractivity contribution in [2.75, 3.05) is 24.7 Å². The van der Waals surface area contributed by atoms with Crippen LogP contribution in [0.25, 0.3) is 0 Å². The van der Waals surface area contributed by atoms with Crippen molar-refractivity contribution < 1.29 is 9.53 Å². The van der Waals surface area contributed by atoms with E-state index >= 15 is 0 Å². The van der Waals surface area contributed by atoms with Crippen LogP contribution in [0.4, 0.5) is 0 Å². The van der Waals surface area contributed by atoms with Crippen molar-refractivity contribution >= 4 is 17.7 Å². The first kappa shape index (κ1) is 17.2. The molecule has 4 nitrogen and oxygen atoms in total. The molecule has 0 aromatic heterocycles. The molecule has 1 aliphatic rings. The summed E-state index contributed by atoms with van der Waals surface area (Å²) in [5.74, 6) is 3.15. The maximum absolute atomic E-state index is 12.0. The summed E-state index contributed by atoms with van der Waals surface area (Å²) in [7, 11) is 0. The van der Waals surface area contributed by atoms with E-state index < -0.39 is 0 Å². The molecule has 1 saturated heterocycles. The molecule has 2 N–H and O–H groups in total. The molecular formula is C17H26N2O2S. The third kappa shape index (κ3) is 6.28. The molecular weight excluding hydrogens is 296 g/mol. The molecule has 0 saturated carbocycles. The predicted octanol–water partition coefficient (Wildman–Crippen LogP) is 2.58. The second-order valence-corrected chi connectivity index (χ2v) is 6.71. The number of amides is 1. The quantitative estimate of drug-likeness (QED) is 0.722. The number of carbonyl (C=O) groups is 1. The predicted molar refractivity (Wildman–Crippen MR) is 92.4 cm³/mol. The maximum Gasteiger partial charge on any atom is 0.221 e. The topological polar surface area (TPSA) is 50.4 Å². The largest absolute Gasteiger partial charge is 0.494 e. The summed E-state index contributed by atoms with van der Waals surface area (Å²) in [6.07, 6.45) is 2.75. The summed E-state index contributed by atoms with van der Waals surface area (Å²) in [6.45, 7) is 4.45. The van der Waals surface area contributed by atoms with Crippen LogP contribution in [0.3, 0.4) is 0 Å². The Balaban J connectivity index is 1.73. The number of hydrogen-bond acceptors (Lipinski definition) is 4. The van der Waals surface area contributed by atoms with Crippen LogP contribution in [-0.4, -0.2) is 36.6 Å². The van der Waals surface area contributed by atoms with E-state index in [1.54, 1.807) is 0 Å². The fourth-order valence-electron chi connectivity index (χ4n) is 2.33. The summed E-state index contributed by atoms with van der Waals surface area (Å²) in [5, 5.41) is 6.38. The van der Waals surface area contributed by atoms with Gasteiger partial charge in [-0.1, -0.05) is 25.5 Å². The number of rotatable bonds is 8. The van der Waals surface area contributed by atoms with E-state index in [-0.39, 0.29) is 5.91 Å². The molecule has 1 aromatic rings. The minimum atomic E-state index is 0.109. The lowest BCUT2D eigenvalue weighted by molar-refractivity contribution is -0.121. The smallest absolute Gasteiger partial charge is 0.221 e. The van der Waals surface area contributed by atoms with Gasteiger partial charge >= 0.3 is 0 Å². The van der Waals surface area contributed by atoms with Crippen LogP contribution in [0.1, 0.15) is 31.7 Å². The van der Waals surface area contributed by atoms with Crippen molar-refractivity contribution in [1.29, 1.82) is 0 Å². The first-order valence-corrected chi connectivity index (χ1v) is 9.23. The highest BCUT2D eigenvalue weighted by Crippen LogP contribution is 2.14. The van der Waals surface area contributed by atoms with Gasteiger partial charge in [0.15, 0.2) is 0 Å². The Kier molecular flexibility index (Phi) is 7.60. The van der Waals surface area contributed by atoms with Crippen LogP contribution < -0.4 is 15.4 Å². The fraction of sp³-hybridized carbons (Fsp3) is 0.588. The third-order valence-corrected chi connectivity index (χ3v) is 4.72. The lowest BCUT2D eigenvalue weighted by Gasteiger charge is -2.22. The Bertz CT molecular complexity index is 462. The van der Waals surface area contributed by atoms with Crippen LogP contribution >= 0.6 is 11.8 Å². The number of ether oxygens (including phenoxy) is 1. The Morgan fingerprint density at radius 2 is 2.41 bits per heavy atom. The summed E-state index contributed by atoms with van der Waals surface area (Å²) >= 11 is 1.91. The molecule has 0 aliphatic carbocycles. The van der Waals surface area contributed by atoms with Gasteiger partial charge in [-0.15, -0.1) is 0 Å². The lowest BCUT2D eigenvalue weighted by Crippen LogP contribution is -2.41. The van der Waals surface area contributed by atoms with Gasteiger partial charge in [0.1, 0.15) is 5.75 Å². The summed E-state index contributed by atoms with van der Waals surface area (Å²) in [4.78, 5) is 12.0. The molecule has 2 rings (SSSR count). The zero-order chi connectivity index (χ0) is 15.6. The molecule has 1 heterocycles. The van der Waals surface area contributed by atoms with Gasteiger partial charge in [-0.3, -0.25) is 4.79 Å². The van der Waals surface area contributed by atoms with Gasteiger partial charge in [0.2, 0.25) is 5.91 Å². The second-order valence-electron chi connectivity index (χ2n) is 5.56. The fourth-order valence-corrected chi connectivity index (χ4v) is 3.28. The summed E-state index contributed by atoms with van der Waals surface area (Å²) in [5.41, 5.74) is 1.08. The highest BCUT2D eigenvalue weighted by Gasteiger charge is 2.16. The first-order chi connectivity index (χ1) is 10.8. The summed E-state index contributed by atoms with van der Waals surface area (Å²) < 4.78 is 5.69. The highest BCUT2D eigenvalue weighted by molar-refractivity contribution is 7.99. The third-order valence-electron chi connectivity index (χ3n) is 3.58. The molecule has 122 valence electrons. The van der Waals surface area contributed by atoms with Crippen molar-refractivity contribution in [1.82, 2.24) is 10.6 Å². The van der Waals surface area contributed by atoms with Gasteiger partial charge in [-0.05, 0) is 24.1 Å². The van der Waals surface area contributed by atoms with Gasteiger partial charge in [0.05, 0.1) is 6.61 Å². The van der Waals surface area contributed by atoms with Crippen LogP contribution in [-0.2, 0) is 11.3 Å². The first-order valence-electron chi connectivity index (χ1n) is 8.07. The van der Waals surface area contributed by atoms with Crippen LogP contribution in [0.2, 0.25) is 0 Å². The molecule has 1 atom stereocenters. The molecule has 1 amide bonds. The monoisotopic (exact) mass is 322 g/mol. The van der Waals surface area contributed by atoms with Gasteiger partial charge in [-0.25, -0.2) is 0 Å². The second kappa shape index (κ2) is 9.74. The number of hydrogen-bond donors (Lipinski definition) is 2. The van der Waals surface area contributed by atoms with Gasteiger partial charge < -0.3 is 15.4 Å². The SMILES string of the molecule is CCCCOc1cccc(CNC(=O)CC2CSCCN2)c1. The average Bonchev–Trinajstić information content (AvgIpc) is 2.55. The van der Waals surface area contributed by atoms with Crippen molar-refractivity contribution in [3.05, 3.63) is 29.8 Å². The van der Waals surface area contributed by atoms with Gasteiger partial charge in [-0.2, -0.15) is 11.8 Å². The van der Waals surface area contributed by atoms with E-state index in [0.29, 0.717) is 19.0 Å². The molecule has 1 fully saturated rings. The normalized spacial score (nSPS) is 18.0. The molecule has 5 heteroatoms. The van der Waals surface area contributed by atoms with Crippen LogP contribution in [0, 0.1) is 0 Å². The molecule has 0 spiro atoms. The molecule has 1 aliphatic heterocycles. The van der Waals surface area contributed by atoms with Gasteiger partial charge in [0.25, 0.3) is 0 Å². The van der Waals surface area contributed by atoms with Crippen LogP contribution in [0.5, 0.6) is 5.75 Å². The van der Waals surface area contributed by atoms with Crippen molar-refractivity contribution in [2.24, 2.45) is 0 Å². The number of thioether (sulfide) groups is 1. The minimum Gasteiger partial charge on any atom is -0.494 e. The van der Waals surface area contributed by atoms with E-state index in [9.17, 15) is 4.79 Å². The highest BCUT2D eigenvalue weighted by atomic mass is 32.2. The number of unbranched alkanes of at least 4 members (excludes halogenated alkanes) is 1. The van der Waals surface area contributed by atoms with Crippen LogP contribution in [0.15, 0.2) is 24.3 Å². The zero-order valence-electron chi connectivity index (χ0n) is 13.3.